The molecule has 0 radical (unpaired) electrons. The van der Waals surface area contributed by atoms with Crippen molar-refractivity contribution in [2.24, 2.45) is 0 Å². The zero-order valence-corrected chi connectivity index (χ0v) is 10.9. The predicted octanol–water partition coefficient (Wildman–Crippen LogP) is 3.27. The third-order valence-corrected chi connectivity index (χ3v) is 3.09. The molecule has 1 heterocycles. The van der Waals surface area contributed by atoms with Crippen molar-refractivity contribution < 1.29 is 14.3 Å². The summed E-state index contributed by atoms with van der Waals surface area (Å²) in [5, 5.41) is 5.72. The van der Waals surface area contributed by atoms with Crippen LogP contribution in [-0.4, -0.2) is 12.3 Å². The fraction of sp³-hybridized carbons (Fsp3) is 0. The number of hydrogen-bond acceptors (Lipinski definition) is 3. The van der Waals surface area contributed by atoms with Crippen molar-refractivity contribution >= 4 is 35.3 Å². The maximum Gasteiger partial charge on any atom is 0.259 e. The first kappa shape index (κ1) is 12.5. The molecule has 0 unspecified atom stereocenters. The average molecular weight is 289 g/mol. The number of anilines is 2. The number of rotatable bonds is 2. The molecule has 0 spiro atoms. The standard InChI is InChI=1S/C14H9ClN2O3/c15-8-1-3-13-11(5-8)17-14(19)10-6-9(16-7-18)2-4-12(10)20-13/h1-7H,(H,16,18)(H,17,19). The summed E-state index contributed by atoms with van der Waals surface area (Å²) in [4.78, 5) is 22.6. The Balaban J connectivity index is 2.07. The van der Waals surface area contributed by atoms with Crippen molar-refractivity contribution in [1.82, 2.24) is 0 Å². The van der Waals surface area contributed by atoms with Gasteiger partial charge in [-0.25, -0.2) is 0 Å². The molecule has 1 aliphatic heterocycles. The van der Waals surface area contributed by atoms with Gasteiger partial charge in [0, 0.05) is 10.7 Å². The third kappa shape index (κ3) is 2.19. The monoisotopic (exact) mass is 288 g/mol. The lowest BCUT2D eigenvalue weighted by molar-refractivity contribution is -0.105. The molecule has 2 N–H and O–H groups in total. The number of carbonyl (C=O) groups is 2. The van der Waals surface area contributed by atoms with Gasteiger partial charge in [-0.05, 0) is 36.4 Å². The molecule has 6 heteroatoms. The maximum absolute atomic E-state index is 12.2. The smallest absolute Gasteiger partial charge is 0.259 e. The minimum atomic E-state index is -0.324. The highest BCUT2D eigenvalue weighted by atomic mass is 35.5. The van der Waals surface area contributed by atoms with Crippen LogP contribution >= 0.6 is 11.6 Å². The van der Waals surface area contributed by atoms with Crippen molar-refractivity contribution in [3.05, 3.63) is 47.0 Å². The predicted molar refractivity (Wildman–Crippen MR) is 75.6 cm³/mol. The molecule has 5 nitrogen and oxygen atoms in total. The lowest BCUT2D eigenvalue weighted by Gasteiger charge is -2.08. The first-order valence-corrected chi connectivity index (χ1v) is 6.18. The van der Waals surface area contributed by atoms with Gasteiger partial charge >= 0.3 is 0 Å². The van der Waals surface area contributed by atoms with Gasteiger partial charge in [0.05, 0.1) is 11.3 Å². The van der Waals surface area contributed by atoms with Crippen molar-refractivity contribution in [3.63, 3.8) is 0 Å². The molecule has 0 aromatic heterocycles. The summed E-state index contributed by atoms with van der Waals surface area (Å²) in [6, 6.07) is 9.81. The fourth-order valence-electron chi connectivity index (χ4n) is 1.95. The molecule has 3 rings (SSSR count). The van der Waals surface area contributed by atoms with E-state index >= 15 is 0 Å². The zero-order valence-electron chi connectivity index (χ0n) is 10.1. The van der Waals surface area contributed by atoms with E-state index in [1.165, 1.54) is 0 Å². The van der Waals surface area contributed by atoms with Crippen LogP contribution < -0.4 is 15.4 Å². The van der Waals surface area contributed by atoms with Crippen LogP contribution in [0.3, 0.4) is 0 Å². The molecular formula is C14H9ClN2O3. The van der Waals surface area contributed by atoms with Gasteiger partial charge in [-0.2, -0.15) is 0 Å². The highest BCUT2D eigenvalue weighted by molar-refractivity contribution is 6.31. The molecule has 0 atom stereocenters. The number of nitrogens with one attached hydrogen (secondary N) is 2. The molecule has 100 valence electrons. The molecule has 2 aromatic rings. The SMILES string of the molecule is O=CNc1ccc2c(c1)C(=O)Nc1cc(Cl)ccc1O2. The lowest BCUT2D eigenvalue weighted by atomic mass is 10.1. The molecule has 20 heavy (non-hydrogen) atoms. The van der Waals surface area contributed by atoms with E-state index in [1.807, 2.05) is 0 Å². The number of hydrogen-bond donors (Lipinski definition) is 2. The Bertz CT molecular complexity index is 716. The first-order chi connectivity index (χ1) is 9.67. The highest BCUT2D eigenvalue weighted by Gasteiger charge is 2.21. The normalized spacial score (nSPS) is 12.3. The number of benzene rings is 2. The Kier molecular flexibility index (Phi) is 3.04. The summed E-state index contributed by atoms with van der Waals surface area (Å²) in [5.74, 6) is 0.605. The average Bonchev–Trinajstić information content (AvgIpc) is 2.55. The van der Waals surface area contributed by atoms with Crippen LogP contribution in [0.15, 0.2) is 36.4 Å². The third-order valence-electron chi connectivity index (χ3n) is 2.86. The zero-order chi connectivity index (χ0) is 14.1. The van der Waals surface area contributed by atoms with E-state index < -0.39 is 0 Å². The van der Waals surface area contributed by atoms with Crippen LogP contribution in [0, 0.1) is 0 Å². The second-order valence-corrected chi connectivity index (χ2v) is 4.61. The van der Waals surface area contributed by atoms with Crippen LogP contribution in [-0.2, 0) is 4.79 Å². The summed E-state index contributed by atoms with van der Waals surface area (Å²) in [7, 11) is 0. The van der Waals surface area contributed by atoms with Gasteiger partial charge in [0.15, 0.2) is 5.75 Å². The Morgan fingerprint density at radius 1 is 1.15 bits per heavy atom. The summed E-state index contributed by atoms with van der Waals surface area (Å²) < 4.78 is 5.70. The van der Waals surface area contributed by atoms with E-state index in [0.29, 0.717) is 39.9 Å². The molecule has 0 bridgehead atoms. The quantitative estimate of drug-likeness (QED) is 0.834. The van der Waals surface area contributed by atoms with Gasteiger partial charge in [-0.15, -0.1) is 0 Å². The van der Waals surface area contributed by atoms with E-state index in [9.17, 15) is 9.59 Å². The topological polar surface area (TPSA) is 67.4 Å². The number of fused-ring (bicyclic) bond motifs is 2. The van der Waals surface area contributed by atoms with Crippen LogP contribution in [0.4, 0.5) is 11.4 Å². The summed E-state index contributed by atoms with van der Waals surface area (Å²) in [6.45, 7) is 0. The van der Waals surface area contributed by atoms with E-state index in [0.717, 1.165) is 0 Å². The van der Waals surface area contributed by atoms with Gasteiger partial charge in [-0.3, -0.25) is 9.59 Å². The Morgan fingerprint density at radius 2 is 1.95 bits per heavy atom. The highest BCUT2D eigenvalue weighted by Crippen LogP contribution is 2.37. The minimum absolute atomic E-state index is 0.324. The lowest BCUT2D eigenvalue weighted by Crippen LogP contribution is -2.10. The van der Waals surface area contributed by atoms with Gasteiger partial charge in [0.2, 0.25) is 6.41 Å². The maximum atomic E-state index is 12.2. The van der Waals surface area contributed by atoms with Crippen molar-refractivity contribution in [1.29, 1.82) is 0 Å². The summed E-state index contributed by atoms with van der Waals surface area (Å²) in [5.41, 5.74) is 1.36. The van der Waals surface area contributed by atoms with Crippen LogP contribution in [0.2, 0.25) is 5.02 Å². The minimum Gasteiger partial charge on any atom is -0.454 e. The van der Waals surface area contributed by atoms with Gasteiger partial charge < -0.3 is 15.4 Å². The van der Waals surface area contributed by atoms with Crippen molar-refractivity contribution in [3.8, 4) is 11.5 Å². The molecule has 0 fully saturated rings. The largest absolute Gasteiger partial charge is 0.454 e. The van der Waals surface area contributed by atoms with Gasteiger partial charge in [-0.1, -0.05) is 11.6 Å². The fourth-order valence-corrected chi connectivity index (χ4v) is 2.12. The Hall–Kier alpha value is -2.53. The number of amides is 2. The molecule has 0 saturated carbocycles. The number of carbonyl (C=O) groups excluding carboxylic acids is 2. The van der Waals surface area contributed by atoms with E-state index in [-0.39, 0.29) is 5.91 Å². The second-order valence-electron chi connectivity index (χ2n) is 4.17. The molecule has 1 aliphatic rings. The number of ether oxygens (including phenoxy) is 1. The number of halogens is 1. The van der Waals surface area contributed by atoms with Crippen LogP contribution in [0.5, 0.6) is 11.5 Å². The van der Waals surface area contributed by atoms with Crippen molar-refractivity contribution in [2.75, 3.05) is 10.6 Å². The molecular weight excluding hydrogens is 280 g/mol. The first-order valence-electron chi connectivity index (χ1n) is 5.80. The van der Waals surface area contributed by atoms with Crippen LogP contribution in [0.1, 0.15) is 10.4 Å². The summed E-state index contributed by atoms with van der Waals surface area (Å²) in [6.07, 6.45) is 0.547. The molecule has 2 amide bonds. The summed E-state index contributed by atoms with van der Waals surface area (Å²) >= 11 is 5.90. The van der Waals surface area contributed by atoms with E-state index in [1.54, 1.807) is 36.4 Å². The Morgan fingerprint density at radius 3 is 2.75 bits per heavy atom. The molecule has 0 aliphatic carbocycles. The Labute approximate surface area is 119 Å². The van der Waals surface area contributed by atoms with Crippen LogP contribution in [0.25, 0.3) is 0 Å². The van der Waals surface area contributed by atoms with Gasteiger partial charge in [0.25, 0.3) is 5.91 Å². The van der Waals surface area contributed by atoms with E-state index in [2.05, 4.69) is 10.6 Å². The second kappa shape index (κ2) is 4.86. The van der Waals surface area contributed by atoms with Crippen molar-refractivity contribution in [2.45, 2.75) is 0 Å². The molecule has 2 aromatic carbocycles. The van der Waals surface area contributed by atoms with E-state index in [4.69, 9.17) is 16.3 Å². The van der Waals surface area contributed by atoms with Gasteiger partial charge in [0.1, 0.15) is 5.75 Å². The molecule has 0 saturated heterocycles.